The number of furan rings is 1. The molecule has 5 nitrogen and oxygen atoms in total. The Morgan fingerprint density at radius 1 is 1.45 bits per heavy atom. The Kier molecular flexibility index (Phi) is 4.42. The van der Waals surface area contributed by atoms with Gasteiger partial charge in [0.05, 0.1) is 19.5 Å². The van der Waals surface area contributed by atoms with E-state index in [4.69, 9.17) is 9.15 Å². The summed E-state index contributed by atoms with van der Waals surface area (Å²) in [4.78, 5) is 11.8. The fourth-order valence-electron chi connectivity index (χ4n) is 1.84. The molecule has 0 bridgehead atoms. The quantitative estimate of drug-likeness (QED) is 0.876. The molecule has 20 heavy (non-hydrogen) atoms. The maximum absolute atomic E-state index is 11.8. The van der Waals surface area contributed by atoms with E-state index in [1.165, 1.54) is 6.26 Å². The Labute approximate surface area is 117 Å². The predicted molar refractivity (Wildman–Crippen MR) is 73.7 cm³/mol. The number of hydrogen-bond acceptors (Lipinski definition) is 4. The number of hydrogen-bond donors (Lipinski definition) is 2. The molecule has 0 saturated carbocycles. The highest BCUT2D eigenvalue weighted by Gasteiger charge is 2.15. The molecule has 1 aromatic heterocycles. The average molecular weight is 275 g/mol. The maximum Gasteiger partial charge on any atom is 0.287 e. The van der Waals surface area contributed by atoms with Gasteiger partial charge in [0.1, 0.15) is 5.75 Å². The molecule has 0 fully saturated rings. The number of aryl methyl sites for hydroxylation is 1. The SMILES string of the molecule is COc1cccc(C(O)CNC(=O)c2occc2C)c1. The van der Waals surface area contributed by atoms with Gasteiger partial charge in [-0.15, -0.1) is 0 Å². The van der Waals surface area contributed by atoms with Crippen molar-refractivity contribution in [2.24, 2.45) is 0 Å². The average Bonchev–Trinajstić information content (AvgIpc) is 2.90. The van der Waals surface area contributed by atoms with Gasteiger partial charge in [0.2, 0.25) is 0 Å². The molecule has 1 unspecified atom stereocenters. The lowest BCUT2D eigenvalue weighted by Crippen LogP contribution is -2.28. The van der Waals surface area contributed by atoms with E-state index in [9.17, 15) is 9.90 Å². The summed E-state index contributed by atoms with van der Waals surface area (Å²) in [5.41, 5.74) is 1.44. The van der Waals surface area contributed by atoms with Gasteiger partial charge >= 0.3 is 0 Å². The number of carbonyl (C=O) groups is 1. The summed E-state index contributed by atoms with van der Waals surface area (Å²) in [6, 6.07) is 8.80. The van der Waals surface area contributed by atoms with Gasteiger partial charge in [-0.05, 0) is 30.7 Å². The number of benzene rings is 1. The highest BCUT2D eigenvalue weighted by Crippen LogP contribution is 2.18. The zero-order valence-corrected chi connectivity index (χ0v) is 11.4. The molecule has 5 heteroatoms. The lowest BCUT2D eigenvalue weighted by molar-refractivity contribution is 0.0888. The molecule has 2 rings (SSSR count). The number of aliphatic hydroxyl groups is 1. The Hall–Kier alpha value is -2.27. The molecule has 1 amide bonds. The van der Waals surface area contributed by atoms with E-state index in [0.29, 0.717) is 11.3 Å². The van der Waals surface area contributed by atoms with Crippen LogP contribution in [-0.2, 0) is 0 Å². The second kappa shape index (κ2) is 6.25. The standard InChI is InChI=1S/C15H17NO4/c1-10-6-7-20-14(10)15(18)16-9-13(17)11-4-3-5-12(8-11)19-2/h3-8,13,17H,9H2,1-2H3,(H,16,18). The molecule has 0 aliphatic carbocycles. The van der Waals surface area contributed by atoms with Crippen LogP contribution >= 0.6 is 0 Å². The van der Waals surface area contributed by atoms with Crippen molar-refractivity contribution in [1.29, 1.82) is 0 Å². The number of rotatable bonds is 5. The summed E-state index contributed by atoms with van der Waals surface area (Å²) >= 11 is 0. The molecule has 0 spiro atoms. The summed E-state index contributed by atoms with van der Waals surface area (Å²) in [5, 5.41) is 12.7. The first-order valence-corrected chi connectivity index (χ1v) is 6.26. The molecule has 0 aliphatic rings. The van der Waals surface area contributed by atoms with E-state index in [2.05, 4.69) is 5.32 Å². The van der Waals surface area contributed by atoms with Crippen molar-refractivity contribution in [2.45, 2.75) is 13.0 Å². The highest BCUT2D eigenvalue weighted by atomic mass is 16.5. The fraction of sp³-hybridized carbons (Fsp3) is 0.267. The van der Waals surface area contributed by atoms with E-state index in [0.717, 1.165) is 5.56 Å². The first kappa shape index (κ1) is 14.1. The predicted octanol–water partition coefficient (Wildman–Crippen LogP) is 2.06. The molecule has 0 radical (unpaired) electrons. The van der Waals surface area contributed by atoms with Crippen molar-refractivity contribution in [3.05, 3.63) is 53.5 Å². The van der Waals surface area contributed by atoms with Crippen LogP contribution in [0, 0.1) is 6.92 Å². The molecule has 1 atom stereocenters. The third kappa shape index (κ3) is 3.19. The van der Waals surface area contributed by atoms with E-state index < -0.39 is 6.10 Å². The Morgan fingerprint density at radius 2 is 2.25 bits per heavy atom. The van der Waals surface area contributed by atoms with Gasteiger partial charge in [-0.25, -0.2) is 0 Å². The normalized spacial score (nSPS) is 11.9. The van der Waals surface area contributed by atoms with Crippen LogP contribution < -0.4 is 10.1 Å². The zero-order valence-electron chi connectivity index (χ0n) is 11.4. The van der Waals surface area contributed by atoms with Gasteiger partial charge < -0.3 is 19.6 Å². The minimum absolute atomic E-state index is 0.103. The molecule has 1 aromatic carbocycles. The number of methoxy groups -OCH3 is 1. The van der Waals surface area contributed by atoms with Gasteiger partial charge in [-0.3, -0.25) is 4.79 Å². The van der Waals surface area contributed by atoms with Gasteiger partial charge in [0, 0.05) is 12.1 Å². The van der Waals surface area contributed by atoms with Crippen LogP contribution in [0.2, 0.25) is 0 Å². The Bertz CT molecular complexity index is 591. The molecule has 0 saturated heterocycles. The molecule has 2 aromatic rings. The summed E-state index contributed by atoms with van der Waals surface area (Å²) in [6.45, 7) is 1.89. The number of nitrogens with one attached hydrogen (secondary N) is 1. The minimum Gasteiger partial charge on any atom is -0.497 e. The first-order valence-electron chi connectivity index (χ1n) is 6.26. The van der Waals surface area contributed by atoms with E-state index in [-0.39, 0.29) is 18.2 Å². The fourth-order valence-corrected chi connectivity index (χ4v) is 1.84. The van der Waals surface area contributed by atoms with Gasteiger partial charge in [-0.1, -0.05) is 12.1 Å². The molecule has 1 heterocycles. The number of ether oxygens (including phenoxy) is 1. The van der Waals surface area contributed by atoms with Crippen molar-refractivity contribution in [1.82, 2.24) is 5.32 Å². The summed E-state index contributed by atoms with van der Waals surface area (Å²) in [5.74, 6) is 0.590. The van der Waals surface area contributed by atoms with Crippen LogP contribution in [0.3, 0.4) is 0 Å². The van der Waals surface area contributed by atoms with Gasteiger partial charge in [-0.2, -0.15) is 0 Å². The lowest BCUT2D eigenvalue weighted by atomic mass is 10.1. The number of carbonyl (C=O) groups excluding carboxylic acids is 1. The zero-order chi connectivity index (χ0) is 14.5. The van der Waals surface area contributed by atoms with Crippen LogP contribution in [0.15, 0.2) is 41.0 Å². The molecule has 2 N–H and O–H groups in total. The second-order valence-corrected chi connectivity index (χ2v) is 4.44. The van der Waals surface area contributed by atoms with Gasteiger partial charge in [0.25, 0.3) is 5.91 Å². The highest BCUT2D eigenvalue weighted by molar-refractivity contribution is 5.92. The van der Waals surface area contributed by atoms with Crippen LogP contribution in [0.1, 0.15) is 27.8 Å². The molecular formula is C15H17NO4. The lowest BCUT2D eigenvalue weighted by Gasteiger charge is -2.12. The topological polar surface area (TPSA) is 71.7 Å². The smallest absolute Gasteiger partial charge is 0.287 e. The number of amides is 1. The second-order valence-electron chi connectivity index (χ2n) is 4.44. The van der Waals surface area contributed by atoms with Crippen molar-refractivity contribution >= 4 is 5.91 Å². The van der Waals surface area contributed by atoms with Crippen LogP contribution in [0.5, 0.6) is 5.75 Å². The van der Waals surface area contributed by atoms with E-state index in [1.54, 1.807) is 44.4 Å². The van der Waals surface area contributed by atoms with Crippen LogP contribution in [0.4, 0.5) is 0 Å². The minimum atomic E-state index is -0.802. The Balaban J connectivity index is 1.96. The number of aliphatic hydroxyl groups excluding tert-OH is 1. The largest absolute Gasteiger partial charge is 0.497 e. The van der Waals surface area contributed by atoms with Crippen molar-refractivity contribution < 1.29 is 19.1 Å². The monoisotopic (exact) mass is 275 g/mol. The third-order valence-corrected chi connectivity index (χ3v) is 3.00. The van der Waals surface area contributed by atoms with Crippen LogP contribution in [-0.4, -0.2) is 24.7 Å². The third-order valence-electron chi connectivity index (χ3n) is 3.00. The van der Waals surface area contributed by atoms with Crippen LogP contribution in [0.25, 0.3) is 0 Å². The van der Waals surface area contributed by atoms with Crippen molar-refractivity contribution in [3.63, 3.8) is 0 Å². The molecule has 0 aliphatic heterocycles. The molecule has 106 valence electrons. The van der Waals surface area contributed by atoms with Crippen molar-refractivity contribution in [2.75, 3.05) is 13.7 Å². The first-order chi connectivity index (χ1) is 9.61. The Morgan fingerprint density at radius 3 is 2.90 bits per heavy atom. The van der Waals surface area contributed by atoms with Gasteiger partial charge in [0.15, 0.2) is 5.76 Å². The summed E-state index contributed by atoms with van der Waals surface area (Å²) < 4.78 is 10.2. The summed E-state index contributed by atoms with van der Waals surface area (Å²) in [7, 11) is 1.56. The van der Waals surface area contributed by atoms with E-state index >= 15 is 0 Å². The summed E-state index contributed by atoms with van der Waals surface area (Å²) in [6.07, 6.45) is 0.659. The van der Waals surface area contributed by atoms with Crippen molar-refractivity contribution in [3.8, 4) is 5.75 Å². The van der Waals surface area contributed by atoms with E-state index in [1.807, 2.05) is 0 Å². The molecular weight excluding hydrogens is 258 g/mol. The maximum atomic E-state index is 11.8.